The summed E-state index contributed by atoms with van der Waals surface area (Å²) in [7, 11) is 0. The van der Waals surface area contributed by atoms with Crippen molar-refractivity contribution in [2.75, 3.05) is 39.4 Å². The number of rotatable bonds is 5. The number of hydrogen-bond donors (Lipinski definition) is 1. The van der Waals surface area contributed by atoms with Crippen LogP contribution in [0, 0.1) is 5.92 Å². The molecule has 1 N–H and O–H groups in total. The summed E-state index contributed by atoms with van der Waals surface area (Å²) < 4.78 is 5.33. The quantitative estimate of drug-likeness (QED) is 0.704. The molecule has 1 aliphatic heterocycles. The Morgan fingerprint density at radius 1 is 1.36 bits per heavy atom. The molecule has 1 atom stereocenters. The molecule has 3 nitrogen and oxygen atoms in total. The summed E-state index contributed by atoms with van der Waals surface area (Å²) in [5.74, 6) is 0.988. The van der Waals surface area contributed by atoms with Gasteiger partial charge < -0.3 is 10.1 Å². The van der Waals surface area contributed by atoms with E-state index in [-0.39, 0.29) is 0 Å². The van der Waals surface area contributed by atoms with Crippen molar-refractivity contribution in [3.05, 3.63) is 0 Å². The van der Waals surface area contributed by atoms with E-state index in [0.717, 1.165) is 32.2 Å². The van der Waals surface area contributed by atoms with E-state index in [1.54, 1.807) is 0 Å². The first-order valence-electron chi connectivity index (χ1n) is 5.88. The Bertz CT molecular complexity index is 165. The fraction of sp³-hybridized carbons (Fsp3) is 1.00. The fourth-order valence-corrected chi connectivity index (χ4v) is 1.93. The maximum absolute atomic E-state index is 5.33. The van der Waals surface area contributed by atoms with E-state index in [9.17, 15) is 0 Å². The van der Waals surface area contributed by atoms with E-state index in [1.165, 1.54) is 25.9 Å². The SMILES string of the molecule is CC(CN1CCOCC1)NCC1CC1. The lowest BCUT2D eigenvalue weighted by molar-refractivity contribution is 0.0344. The molecule has 0 amide bonds. The Morgan fingerprint density at radius 3 is 2.71 bits per heavy atom. The van der Waals surface area contributed by atoms with Gasteiger partial charge in [0, 0.05) is 25.7 Å². The zero-order valence-electron chi connectivity index (χ0n) is 9.17. The summed E-state index contributed by atoms with van der Waals surface area (Å²) in [5, 5.41) is 3.61. The molecular weight excluding hydrogens is 176 g/mol. The van der Waals surface area contributed by atoms with Crippen molar-refractivity contribution in [1.82, 2.24) is 10.2 Å². The van der Waals surface area contributed by atoms with Crippen LogP contribution in [0.3, 0.4) is 0 Å². The lowest BCUT2D eigenvalue weighted by atomic mass is 10.2. The van der Waals surface area contributed by atoms with Crippen LogP contribution in [0.25, 0.3) is 0 Å². The van der Waals surface area contributed by atoms with E-state index in [1.807, 2.05) is 0 Å². The maximum atomic E-state index is 5.33. The minimum absolute atomic E-state index is 0.633. The van der Waals surface area contributed by atoms with Crippen molar-refractivity contribution < 1.29 is 4.74 Å². The van der Waals surface area contributed by atoms with Gasteiger partial charge in [-0.05, 0) is 32.2 Å². The first-order chi connectivity index (χ1) is 6.84. The Morgan fingerprint density at radius 2 is 2.07 bits per heavy atom. The van der Waals surface area contributed by atoms with Crippen LogP contribution < -0.4 is 5.32 Å². The zero-order chi connectivity index (χ0) is 9.80. The van der Waals surface area contributed by atoms with Crippen LogP contribution in [0.15, 0.2) is 0 Å². The maximum Gasteiger partial charge on any atom is 0.0594 e. The molecule has 3 heteroatoms. The molecule has 14 heavy (non-hydrogen) atoms. The topological polar surface area (TPSA) is 24.5 Å². The molecule has 0 aromatic rings. The predicted molar refractivity (Wildman–Crippen MR) is 57.4 cm³/mol. The van der Waals surface area contributed by atoms with Crippen molar-refractivity contribution in [3.63, 3.8) is 0 Å². The van der Waals surface area contributed by atoms with Gasteiger partial charge in [0.1, 0.15) is 0 Å². The molecule has 0 bridgehead atoms. The van der Waals surface area contributed by atoms with E-state index in [4.69, 9.17) is 4.74 Å². The molecule has 1 unspecified atom stereocenters. The molecule has 1 aliphatic carbocycles. The highest BCUT2D eigenvalue weighted by Gasteiger charge is 2.21. The number of nitrogens with zero attached hydrogens (tertiary/aromatic N) is 1. The molecule has 0 spiro atoms. The van der Waals surface area contributed by atoms with Crippen LogP contribution in [0.2, 0.25) is 0 Å². The highest BCUT2D eigenvalue weighted by molar-refractivity contribution is 4.78. The largest absolute Gasteiger partial charge is 0.379 e. The zero-order valence-corrected chi connectivity index (χ0v) is 9.17. The van der Waals surface area contributed by atoms with E-state index in [0.29, 0.717) is 6.04 Å². The van der Waals surface area contributed by atoms with Gasteiger partial charge >= 0.3 is 0 Å². The minimum atomic E-state index is 0.633. The molecule has 2 rings (SSSR count). The van der Waals surface area contributed by atoms with Gasteiger partial charge in [-0.2, -0.15) is 0 Å². The first kappa shape index (κ1) is 10.4. The van der Waals surface area contributed by atoms with Crippen LogP contribution in [-0.2, 0) is 4.74 Å². The molecular formula is C11H22N2O. The third kappa shape index (κ3) is 3.56. The van der Waals surface area contributed by atoms with Crippen LogP contribution in [0.1, 0.15) is 19.8 Å². The number of morpholine rings is 1. The van der Waals surface area contributed by atoms with Gasteiger partial charge in [0.15, 0.2) is 0 Å². The van der Waals surface area contributed by atoms with Crippen LogP contribution in [-0.4, -0.2) is 50.3 Å². The van der Waals surface area contributed by atoms with Gasteiger partial charge in [-0.1, -0.05) is 0 Å². The number of nitrogens with one attached hydrogen (secondary N) is 1. The molecule has 0 aromatic heterocycles. The normalized spacial score (nSPS) is 26.4. The van der Waals surface area contributed by atoms with Crippen LogP contribution in [0.5, 0.6) is 0 Å². The number of ether oxygens (including phenoxy) is 1. The summed E-state index contributed by atoms with van der Waals surface area (Å²) in [6.45, 7) is 8.73. The Kier molecular flexibility index (Phi) is 3.79. The first-order valence-corrected chi connectivity index (χ1v) is 5.88. The Hall–Kier alpha value is -0.120. The standard InChI is InChI=1S/C11H22N2O/c1-10(12-8-11-2-3-11)9-13-4-6-14-7-5-13/h10-12H,2-9H2,1H3. The molecule has 0 aromatic carbocycles. The lowest BCUT2D eigenvalue weighted by Gasteiger charge is -2.29. The summed E-state index contributed by atoms with van der Waals surface area (Å²) in [5.41, 5.74) is 0. The monoisotopic (exact) mass is 198 g/mol. The molecule has 1 heterocycles. The van der Waals surface area contributed by atoms with Gasteiger partial charge in [0.2, 0.25) is 0 Å². The van der Waals surface area contributed by atoms with Crippen molar-refractivity contribution in [2.45, 2.75) is 25.8 Å². The van der Waals surface area contributed by atoms with Crippen molar-refractivity contribution in [3.8, 4) is 0 Å². The summed E-state index contributed by atoms with van der Waals surface area (Å²) in [6, 6.07) is 0.633. The van der Waals surface area contributed by atoms with Crippen LogP contribution in [0.4, 0.5) is 0 Å². The average Bonchev–Trinajstić information content (AvgIpc) is 3.00. The molecule has 2 aliphatic rings. The highest BCUT2D eigenvalue weighted by Crippen LogP contribution is 2.27. The van der Waals surface area contributed by atoms with Crippen LogP contribution >= 0.6 is 0 Å². The molecule has 0 radical (unpaired) electrons. The second-order valence-corrected chi connectivity index (χ2v) is 4.67. The Balaban J connectivity index is 1.57. The predicted octanol–water partition coefficient (Wildman–Crippen LogP) is 0.707. The average molecular weight is 198 g/mol. The number of hydrogen-bond acceptors (Lipinski definition) is 3. The summed E-state index contributed by atoms with van der Waals surface area (Å²) in [6.07, 6.45) is 2.88. The third-order valence-electron chi connectivity index (χ3n) is 3.09. The van der Waals surface area contributed by atoms with Crippen molar-refractivity contribution in [1.29, 1.82) is 0 Å². The second-order valence-electron chi connectivity index (χ2n) is 4.67. The second kappa shape index (κ2) is 5.10. The van der Waals surface area contributed by atoms with Gasteiger partial charge in [-0.25, -0.2) is 0 Å². The minimum Gasteiger partial charge on any atom is -0.379 e. The fourth-order valence-electron chi connectivity index (χ4n) is 1.93. The summed E-state index contributed by atoms with van der Waals surface area (Å²) in [4.78, 5) is 2.49. The van der Waals surface area contributed by atoms with E-state index in [2.05, 4.69) is 17.1 Å². The molecule has 82 valence electrons. The van der Waals surface area contributed by atoms with Gasteiger partial charge in [-0.3, -0.25) is 4.90 Å². The van der Waals surface area contributed by atoms with E-state index >= 15 is 0 Å². The highest BCUT2D eigenvalue weighted by atomic mass is 16.5. The van der Waals surface area contributed by atoms with Gasteiger partial charge in [0.25, 0.3) is 0 Å². The molecule has 1 saturated heterocycles. The lowest BCUT2D eigenvalue weighted by Crippen LogP contribution is -2.44. The third-order valence-corrected chi connectivity index (χ3v) is 3.09. The van der Waals surface area contributed by atoms with Crippen molar-refractivity contribution >= 4 is 0 Å². The smallest absolute Gasteiger partial charge is 0.0594 e. The Labute approximate surface area is 86.8 Å². The van der Waals surface area contributed by atoms with Crippen molar-refractivity contribution in [2.24, 2.45) is 5.92 Å². The molecule has 2 fully saturated rings. The van der Waals surface area contributed by atoms with E-state index < -0.39 is 0 Å². The summed E-state index contributed by atoms with van der Waals surface area (Å²) >= 11 is 0. The van der Waals surface area contributed by atoms with Gasteiger partial charge in [0.05, 0.1) is 13.2 Å². The molecule has 1 saturated carbocycles. The van der Waals surface area contributed by atoms with Gasteiger partial charge in [-0.15, -0.1) is 0 Å².